The number of rotatable bonds is 1. The number of fused-ring (bicyclic) bond motifs is 16. The summed E-state index contributed by atoms with van der Waals surface area (Å²) < 4.78 is 0. The van der Waals surface area contributed by atoms with Gasteiger partial charge in [-0.25, -0.2) is 0 Å². The first kappa shape index (κ1) is 24.9. The highest BCUT2D eigenvalue weighted by Crippen LogP contribution is 2.56. The van der Waals surface area contributed by atoms with E-state index >= 15 is 0 Å². The first-order chi connectivity index (χ1) is 22.1. The largest absolute Gasteiger partial charge is 0.0616 e. The van der Waals surface area contributed by atoms with E-state index in [-0.39, 0.29) is 5.41 Å². The van der Waals surface area contributed by atoms with Crippen LogP contribution in [0, 0.1) is 0 Å². The van der Waals surface area contributed by atoms with Gasteiger partial charge in [-0.1, -0.05) is 147 Å². The number of hydrogen-bond acceptors (Lipinski definition) is 0. The molecule has 0 fully saturated rings. The summed E-state index contributed by atoms with van der Waals surface area (Å²) in [5, 5.41) is 15.9. The van der Waals surface area contributed by atoms with Crippen molar-refractivity contribution >= 4 is 64.6 Å². The first-order valence-corrected chi connectivity index (χ1v) is 15.9. The summed E-state index contributed by atoms with van der Waals surface area (Å²) >= 11 is 0. The first-order valence-electron chi connectivity index (χ1n) is 15.9. The quantitative estimate of drug-likeness (QED) is 0.172. The van der Waals surface area contributed by atoms with Crippen molar-refractivity contribution in [2.24, 2.45) is 0 Å². The summed E-state index contributed by atoms with van der Waals surface area (Å²) in [6.07, 6.45) is 0. The number of benzene rings is 9. The minimum absolute atomic E-state index is 0.127. The predicted octanol–water partition coefficient (Wildman–Crippen LogP) is 12.6. The summed E-state index contributed by atoms with van der Waals surface area (Å²) in [5.74, 6) is 0. The van der Waals surface area contributed by atoms with E-state index in [4.69, 9.17) is 0 Å². The lowest BCUT2D eigenvalue weighted by Gasteiger charge is -2.25. The maximum absolute atomic E-state index is 2.44. The van der Waals surface area contributed by atoms with E-state index in [2.05, 4.69) is 159 Å². The topological polar surface area (TPSA) is 0 Å². The Kier molecular flexibility index (Phi) is 4.88. The molecule has 1 aliphatic carbocycles. The van der Waals surface area contributed by atoms with Crippen LogP contribution in [0.25, 0.3) is 86.9 Å². The van der Waals surface area contributed by atoms with Gasteiger partial charge in [0.1, 0.15) is 0 Å². The summed E-state index contributed by atoms with van der Waals surface area (Å²) in [6.45, 7) is 4.84. The van der Waals surface area contributed by atoms with Crippen molar-refractivity contribution in [3.63, 3.8) is 0 Å². The van der Waals surface area contributed by atoms with Crippen LogP contribution < -0.4 is 0 Å². The van der Waals surface area contributed by atoms with E-state index in [1.807, 2.05) is 0 Å². The van der Waals surface area contributed by atoms with Crippen LogP contribution >= 0.6 is 0 Å². The van der Waals surface area contributed by atoms with Gasteiger partial charge in [0.05, 0.1) is 0 Å². The van der Waals surface area contributed by atoms with Crippen LogP contribution in [0.1, 0.15) is 25.0 Å². The van der Waals surface area contributed by atoms with Gasteiger partial charge in [0, 0.05) is 5.41 Å². The molecule has 0 heteroatoms. The van der Waals surface area contributed by atoms with Gasteiger partial charge >= 0.3 is 0 Å². The van der Waals surface area contributed by atoms with Crippen LogP contribution in [-0.4, -0.2) is 0 Å². The second-order valence-corrected chi connectivity index (χ2v) is 13.2. The summed E-state index contributed by atoms with van der Waals surface area (Å²) in [7, 11) is 0. The third-order valence-electron chi connectivity index (χ3n) is 10.6. The second kappa shape index (κ2) is 8.80. The van der Waals surface area contributed by atoms with Gasteiger partial charge in [0.2, 0.25) is 0 Å². The molecular formula is C45H30. The molecule has 0 nitrogen and oxygen atoms in total. The predicted molar refractivity (Wildman–Crippen MR) is 194 cm³/mol. The fourth-order valence-corrected chi connectivity index (χ4v) is 8.66. The van der Waals surface area contributed by atoms with E-state index in [1.54, 1.807) is 0 Å². The fourth-order valence-electron chi connectivity index (χ4n) is 8.66. The Balaban J connectivity index is 1.26. The lowest BCUT2D eigenvalue weighted by atomic mass is 9.77. The minimum Gasteiger partial charge on any atom is -0.0616 e. The SMILES string of the molecule is CC1(C)c2c(ccc3ccccc23)-c2c1c1ccc(-c3ccc4c5ccccc5c5ccccc5c4c3)cc1c1ccccc21. The van der Waals surface area contributed by atoms with E-state index in [9.17, 15) is 0 Å². The zero-order valence-electron chi connectivity index (χ0n) is 25.4. The molecule has 0 aromatic heterocycles. The van der Waals surface area contributed by atoms with Gasteiger partial charge in [-0.2, -0.15) is 0 Å². The molecule has 0 atom stereocenters. The van der Waals surface area contributed by atoms with Crippen LogP contribution in [0.2, 0.25) is 0 Å². The second-order valence-electron chi connectivity index (χ2n) is 13.2. The molecule has 0 aliphatic heterocycles. The van der Waals surface area contributed by atoms with E-state index < -0.39 is 0 Å². The molecule has 0 heterocycles. The van der Waals surface area contributed by atoms with Gasteiger partial charge in [0.15, 0.2) is 0 Å². The van der Waals surface area contributed by atoms with Gasteiger partial charge < -0.3 is 0 Å². The molecule has 1 aliphatic rings. The maximum Gasteiger partial charge on any atom is 0.0171 e. The van der Waals surface area contributed by atoms with Gasteiger partial charge in [0.25, 0.3) is 0 Å². The van der Waals surface area contributed by atoms with Crippen molar-refractivity contribution in [3.05, 3.63) is 157 Å². The zero-order chi connectivity index (χ0) is 29.9. The molecule has 210 valence electrons. The molecule has 0 saturated carbocycles. The van der Waals surface area contributed by atoms with Crippen LogP contribution in [0.4, 0.5) is 0 Å². The molecule has 45 heavy (non-hydrogen) atoms. The Morgan fingerprint density at radius 2 is 0.778 bits per heavy atom. The fraction of sp³-hybridized carbons (Fsp3) is 0.0667. The third kappa shape index (κ3) is 3.27. The van der Waals surface area contributed by atoms with Gasteiger partial charge in [-0.3, -0.25) is 0 Å². The standard InChI is InChI=1S/C45H30/c1-45(2)43-30-12-4-3-11-27(30)19-24-39(43)42-37-18-10-9-17-35(37)41-26-29(21-23-38(41)44(42)45)28-20-22-36-33-15-6-5-13-31(33)32-14-7-8-16-34(32)40(36)25-28/h3-26H,1-2H3. The van der Waals surface area contributed by atoms with E-state index in [0.717, 1.165) is 0 Å². The molecule has 9 aromatic rings. The van der Waals surface area contributed by atoms with Crippen molar-refractivity contribution in [1.82, 2.24) is 0 Å². The highest BCUT2D eigenvalue weighted by molar-refractivity contribution is 6.26. The molecule has 0 N–H and O–H groups in total. The van der Waals surface area contributed by atoms with Crippen molar-refractivity contribution < 1.29 is 0 Å². The van der Waals surface area contributed by atoms with Crippen LogP contribution in [0.5, 0.6) is 0 Å². The molecule has 0 unspecified atom stereocenters. The Morgan fingerprint density at radius 3 is 1.40 bits per heavy atom. The Bertz CT molecular complexity index is 2690. The molecule has 0 saturated heterocycles. The summed E-state index contributed by atoms with van der Waals surface area (Å²) in [4.78, 5) is 0. The number of hydrogen-bond donors (Lipinski definition) is 0. The lowest BCUT2D eigenvalue weighted by Crippen LogP contribution is -2.16. The summed E-state index contributed by atoms with van der Waals surface area (Å²) in [6, 6.07) is 54.5. The highest BCUT2D eigenvalue weighted by atomic mass is 14.4. The van der Waals surface area contributed by atoms with Crippen molar-refractivity contribution in [3.8, 4) is 22.3 Å². The molecule has 0 radical (unpaired) electrons. The third-order valence-corrected chi connectivity index (χ3v) is 10.6. The molecule has 0 amide bonds. The zero-order valence-corrected chi connectivity index (χ0v) is 25.4. The molecule has 10 rings (SSSR count). The summed E-state index contributed by atoms with van der Waals surface area (Å²) in [5.41, 5.74) is 8.06. The maximum atomic E-state index is 2.44. The Labute approximate surface area is 262 Å². The van der Waals surface area contributed by atoms with Crippen molar-refractivity contribution in [1.29, 1.82) is 0 Å². The van der Waals surface area contributed by atoms with E-state index in [1.165, 1.54) is 98.0 Å². The van der Waals surface area contributed by atoms with E-state index in [0.29, 0.717) is 0 Å². The average molecular weight is 571 g/mol. The molecule has 0 bridgehead atoms. The van der Waals surface area contributed by atoms with Gasteiger partial charge in [-0.15, -0.1) is 0 Å². The van der Waals surface area contributed by atoms with Crippen molar-refractivity contribution in [2.45, 2.75) is 19.3 Å². The lowest BCUT2D eigenvalue weighted by molar-refractivity contribution is 0.672. The van der Waals surface area contributed by atoms with Crippen LogP contribution in [0.15, 0.2) is 146 Å². The monoisotopic (exact) mass is 570 g/mol. The average Bonchev–Trinajstić information content (AvgIpc) is 3.35. The van der Waals surface area contributed by atoms with Crippen LogP contribution in [-0.2, 0) is 5.41 Å². The Morgan fingerprint density at radius 1 is 0.333 bits per heavy atom. The Hall–Kier alpha value is -5.46. The molecular weight excluding hydrogens is 540 g/mol. The highest BCUT2D eigenvalue weighted by Gasteiger charge is 2.39. The smallest absolute Gasteiger partial charge is 0.0171 e. The molecule has 9 aromatic carbocycles. The van der Waals surface area contributed by atoms with Crippen LogP contribution in [0.3, 0.4) is 0 Å². The van der Waals surface area contributed by atoms with Gasteiger partial charge in [-0.05, 0) is 110 Å². The normalized spacial score (nSPS) is 13.7. The molecule has 0 spiro atoms. The van der Waals surface area contributed by atoms with Crippen molar-refractivity contribution in [2.75, 3.05) is 0 Å². The minimum atomic E-state index is -0.127.